The summed E-state index contributed by atoms with van der Waals surface area (Å²) in [6.07, 6.45) is 3.87. The fourth-order valence-electron chi connectivity index (χ4n) is 3.17. The smallest absolute Gasteiger partial charge is 0.409 e. The third kappa shape index (κ3) is 4.97. The first-order valence-corrected chi connectivity index (χ1v) is 9.13. The van der Waals surface area contributed by atoms with Crippen molar-refractivity contribution >= 4 is 18.1 Å². The second-order valence-corrected chi connectivity index (χ2v) is 6.46. The summed E-state index contributed by atoms with van der Waals surface area (Å²) in [6.45, 7) is 2.26. The molecule has 0 saturated carbocycles. The predicted molar refractivity (Wildman–Crippen MR) is 106 cm³/mol. The Labute approximate surface area is 159 Å². The molecule has 2 amide bonds. The molecule has 2 aromatic rings. The molecule has 140 valence electrons. The van der Waals surface area contributed by atoms with E-state index in [1.54, 1.807) is 15.9 Å². The van der Waals surface area contributed by atoms with Crippen LogP contribution < -0.4 is 0 Å². The molecule has 0 unspecified atom stereocenters. The number of amides is 2. The average Bonchev–Trinajstić information content (AvgIpc) is 2.99. The Balaban J connectivity index is 1.64. The number of carbonyl (C=O) groups is 2. The quantitative estimate of drug-likeness (QED) is 0.781. The van der Waals surface area contributed by atoms with E-state index in [-0.39, 0.29) is 12.0 Å². The maximum absolute atomic E-state index is 12.5. The molecular weight excluding hydrogens is 340 g/mol. The van der Waals surface area contributed by atoms with Crippen molar-refractivity contribution in [2.45, 2.75) is 6.42 Å². The first-order valence-electron chi connectivity index (χ1n) is 9.13. The van der Waals surface area contributed by atoms with Crippen molar-refractivity contribution in [1.82, 2.24) is 9.80 Å². The molecular formula is C22H24N2O3. The van der Waals surface area contributed by atoms with Gasteiger partial charge in [0.2, 0.25) is 5.91 Å². The predicted octanol–water partition coefficient (Wildman–Crippen LogP) is 3.67. The molecule has 0 radical (unpaired) electrons. The zero-order valence-electron chi connectivity index (χ0n) is 15.5. The summed E-state index contributed by atoms with van der Waals surface area (Å²) in [5.74, 6) is -0.0353. The largest absolute Gasteiger partial charge is 0.453 e. The molecule has 1 aliphatic rings. The summed E-state index contributed by atoms with van der Waals surface area (Å²) in [4.78, 5) is 27.6. The van der Waals surface area contributed by atoms with E-state index >= 15 is 0 Å². The first-order chi connectivity index (χ1) is 13.2. The molecule has 1 fully saturated rings. The van der Waals surface area contributed by atoms with Crippen molar-refractivity contribution in [2.24, 2.45) is 0 Å². The molecule has 0 spiro atoms. The van der Waals surface area contributed by atoms with E-state index in [1.807, 2.05) is 36.4 Å². The zero-order chi connectivity index (χ0) is 19.1. The number of rotatable bonds is 3. The van der Waals surface area contributed by atoms with Gasteiger partial charge in [-0.1, -0.05) is 48.5 Å². The minimum absolute atomic E-state index is 0.0353. The Morgan fingerprint density at radius 2 is 1.59 bits per heavy atom. The topological polar surface area (TPSA) is 49.9 Å². The molecule has 1 aliphatic heterocycles. The Morgan fingerprint density at radius 1 is 0.889 bits per heavy atom. The lowest BCUT2D eigenvalue weighted by atomic mass is 10.0. The highest BCUT2D eigenvalue weighted by Gasteiger charge is 2.21. The fraction of sp³-hybridized carbons (Fsp3) is 0.273. The van der Waals surface area contributed by atoms with E-state index in [2.05, 4.69) is 24.3 Å². The van der Waals surface area contributed by atoms with Crippen molar-refractivity contribution in [3.8, 4) is 11.1 Å². The van der Waals surface area contributed by atoms with Crippen LogP contribution in [0.3, 0.4) is 0 Å². The van der Waals surface area contributed by atoms with Crippen LogP contribution in [0.4, 0.5) is 4.79 Å². The molecule has 3 rings (SSSR count). The molecule has 1 heterocycles. The number of benzene rings is 2. The highest BCUT2D eigenvalue weighted by atomic mass is 16.5. The van der Waals surface area contributed by atoms with Gasteiger partial charge in [0.05, 0.1) is 7.11 Å². The van der Waals surface area contributed by atoms with Gasteiger partial charge < -0.3 is 14.5 Å². The van der Waals surface area contributed by atoms with Crippen molar-refractivity contribution in [3.05, 3.63) is 66.2 Å². The highest BCUT2D eigenvalue weighted by Crippen LogP contribution is 2.20. The normalized spacial score (nSPS) is 14.9. The van der Waals surface area contributed by atoms with Crippen LogP contribution in [-0.2, 0) is 9.53 Å². The number of hydrogen-bond acceptors (Lipinski definition) is 3. The van der Waals surface area contributed by atoms with Crippen molar-refractivity contribution < 1.29 is 14.3 Å². The van der Waals surface area contributed by atoms with Gasteiger partial charge in [0.25, 0.3) is 0 Å². The van der Waals surface area contributed by atoms with Gasteiger partial charge in [0, 0.05) is 32.3 Å². The van der Waals surface area contributed by atoms with Crippen LogP contribution in [0, 0.1) is 0 Å². The van der Waals surface area contributed by atoms with Gasteiger partial charge in [-0.25, -0.2) is 4.79 Å². The summed E-state index contributed by atoms with van der Waals surface area (Å²) >= 11 is 0. The maximum Gasteiger partial charge on any atom is 0.409 e. The van der Waals surface area contributed by atoms with Gasteiger partial charge >= 0.3 is 6.09 Å². The Hall–Kier alpha value is -3.08. The maximum atomic E-state index is 12.5. The molecule has 0 bridgehead atoms. The second-order valence-electron chi connectivity index (χ2n) is 6.46. The summed E-state index contributed by atoms with van der Waals surface area (Å²) in [7, 11) is 1.38. The molecule has 5 heteroatoms. The molecule has 27 heavy (non-hydrogen) atoms. The lowest BCUT2D eigenvalue weighted by Crippen LogP contribution is -2.36. The van der Waals surface area contributed by atoms with Gasteiger partial charge in [-0.15, -0.1) is 0 Å². The van der Waals surface area contributed by atoms with E-state index in [1.165, 1.54) is 7.11 Å². The number of ether oxygens (including phenoxy) is 1. The summed E-state index contributed by atoms with van der Waals surface area (Å²) in [6, 6.07) is 18.3. The molecule has 0 N–H and O–H groups in total. The van der Waals surface area contributed by atoms with E-state index in [0.717, 1.165) is 23.1 Å². The van der Waals surface area contributed by atoms with Gasteiger partial charge in [0.1, 0.15) is 0 Å². The van der Waals surface area contributed by atoms with Crippen LogP contribution in [0.15, 0.2) is 60.7 Å². The van der Waals surface area contributed by atoms with Crippen LogP contribution in [0.1, 0.15) is 12.0 Å². The Bertz CT molecular complexity index is 817. The van der Waals surface area contributed by atoms with Crippen molar-refractivity contribution in [2.75, 3.05) is 33.3 Å². The van der Waals surface area contributed by atoms with Gasteiger partial charge in [0.15, 0.2) is 0 Å². The number of nitrogens with zero attached hydrogens (tertiary/aromatic N) is 2. The van der Waals surface area contributed by atoms with Crippen LogP contribution in [0.2, 0.25) is 0 Å². The minimum Gasteiger partial charge on any atom is -0.453 e. The van der Waals surface area contributed by atoms with Gasteiger partial charge in [-0.3, -0.25) is 4.79 Å². The second kappa shape index (κ2) is 9.03. The van der Waals surface area contributed by atoms with Crippen LogP contribution >= 0.6 is 0 Å². The van der Waals surface area contributed by atoms with Gasteiger partial charge in [-0.05, 0) is 35.3 Å². The van der Waals surface area contributed by atoms with Crippen molar-refractivity contribution in [3.63, 3.8) is 0 Å². The van der Waals surface area contributed by atoms with Crippen LogP contribution in [0.25, 0.3) is 17.2 Å². The van der Waals surface area contributed by atoms with Gasteiger partial charge in [-0.2, -0.15) is 0 Å². The van der Waals surface area contributed by atoms with E-state index in [0.29, 0.717) is 26.2 Å². The lowest BCUT2D eigenvalue weighted by Gasteiger charge is -2.20. The SMILES string of the molecule is COC(=O)N1CCCN(C(=O)/C=C/c2cccc(-c3ccccc3)c2)CC1. The molecule has 0 atom stereocenters. The molecule has 5 nitrogen and oxygen atoms in total. The van der Waals surface area contributed by atoms with Crippen molar-refractivity contribution in [1.29, 1.82) is 0 Å². The Kier molecular flexibility index (Phi) is 6.26. The number of methoxy groups -OCH3 is 1. The number of hydrogen-bond donors (Lipinski definition) is 0. The molecule has 0 aromatic heterocycles. The van der Waals surface area contributed by atoms with E-state index in [4.69, 9.17) is 4.74 Å². The zero-order valence-corrected chi connectivity index (χ0v) is 15.5. The fourth-order valence-corrected chi connectivity index (χ4v) is 3.17. The number of carbonyl (C=O) groups excluding carboxylic acids is 2. The molecule has 1 saturated heterocycles. The standard InChI is InChI=1S/C22H24N2O3/c1-27-22(26)24-14-6-13-23(15-16-24)21(25)12-11-18-7-5-10-20(17-18)19-8-3-2-4-9-19/h2-5,7-12,17H,6,13-16H2,1H3/b12-11+. The molecule has 2 aromatic carbocycles. The van der Waals surface area contributed by atoms with Crippen LogP contribution in [0.5, 0.6) is 0 Å². The van der Waals surface area contributed by atoms with Crippen LogP contribution in [-0.4, -0.2) is 55.1 Å². The average molecular weight is 364 g/mol. The van der Waals surface area contributed by atoms with E-state index in [9.17, 15) is 9.59 Å². The highest BCUT2D eigenvalue weighted by molar-refractivity contribution is 5.92. The third-order valence-electron chi connectivity index (χ3n) is 4.65. The Morgan fingerprint density at radius 3 is 2.37 bits per heavy atom. The summed E-state index contributed by atoms with van der Waals surface area (Å²) < 4.78 is 4.76. The minimum atomic E-state index is -0.336. The summed E-state index contributed by atoms with van der Waals surface area (Å²) in [5.41, 5.74) is 3.25. The lowest BCUT2D eigenvalue weighted by molar-refractivity contribution is -0.125. The monoisotopic (exact) mass is 364 g/mol. The van der Waals surface area contributed by atoms with E-state index < -0.39 is 0 Å². The third-order valence-corrected chi connectivity index (χ3v) is 4.65. The summed E-state index contributed by atoms with van der Waals surface area (Å²) in [5, 5.41) is 0. The molecule has 0 aliphatic carbocycles. The first kappa shape index (κ1) is 18.7.